The SMILES string of the molecule is COc1cccc(/C(O)=C2/C(=O)C(=O)N(c3cc(F)ccc3F)C2c2cccs2)c1. The first kappa shape index (κ1) is 19.8. The van der Waals surface area contributed by atoms with Gasteiger partial charge in [-0.05, 0) is 35.7 Å². The van der Waals surface area contributed by atoms with E-state index in [1.165, 1.54) is 24.5 Å². The standard InChI is InChI=1S/C22H15F2NO4S/c1-29-14-5-2-4-12(10-14)20(26)18-19(17-6-3-9-30-17)25(22(28)21(18)27)16-11-13(23)7-8-15(16)24/h2-11,19,26H,1H3/b20-18-. The lowest BCUT2D eigenvalue weighted by Gasteiger charge is -2.24. The molecule has 152 valence electrons. The maximum absolute atomic E-state index is 14.5. The zero-order valence-electron chi connectivity index (χ0n) is 15.6. The van der Waals surface area contributed by atoms with E-state index in [1.54, 1.807) is 35.7 Å². The van der Waals surface area contributed by atoms with Gasteiger partial charge in [0.1, 0.15) is 29.2 Å². The Labute approximate surface area is 174 Å². The minimum atomic E-state index is -1.10. The van der Waals surface area contributed by atoms with Crippen LogP contribution in [0.15, 0.2) is 65.6 Å². The summed E-state index contributed by atoms with van der Waals surface area (Å²) in [6.07, 6.45) is 0. The first-order chi connectivity index (χ1) is 14.4. The molecule has 1 aliphatic rings. The number of amides is 1. The van der Waals surface area contributed by atoms with Gasteiger partial charge in [-0.2, -0.15) is 0 Å². The van der Waals surface area contributed by atoms with Gasteiger partial charge in [0.05, 0.1) is 18.4 Å². The number of benzene rings is 2. The van der Waals surface area contributed by atoms with E-state index in [4.69, 9.17) is 4.74 Å². The van der Waals surface area contributed by atoms with Crippen LogP contribution in [-0.4, -0.2) is 23.9 Å². The molecule has 5 nitrogen and oxygen atoms in total. The first-order valence-electron chi connectivity index (χ1n) is 8.86. The maximum Gasteiger partial charge on any atom is 0.300 e. The van der Waals surface area contributed by atoms with Gasteiger partial charge in [0, 0.05) is 16.5 Å². The lowest BCUT2D eigenvalue weighted by molar-refractivity contribution is -0.132. The van der Waals surface area contributed by atoms with Gasteiger partial charge in [-0.1, -0.05) is 18.2 Å². The number of aliphatic hydroxyl groups is 1. The molecule has 1 atom stereocenters. The van der Waals surface area contributed by atoms with Crippen LogP contribution in [0.3, 0.4) is 0 Å². The number of thiophene rings is 1. The third-order valence-electron chi connectivity index (χ3n) is 4.77. The van der Waals surface area contributed by atoms with Gasteiger partial charge >= 0.3 is 0 Å². The monoisotopic (exact) mass is 427 g/mol. The van der Waals surface area contributed by atoms with Crippen molar-refractivity contribution in [2.24, 2.45) is 0 Å². The van der Waals surface area contributed by atoms with Crippen LogP contribution < -0.4 is 9.64 Å². The van der Waals surface area contributed by atoms with E-state index in [1.807, 2.05) is 0 Å². The topological polar surface area (TPSA) is 66.8 Å². The first-order valence-corrected chi connectivity index (χ1v) is 9.74. The highest BCUT2D eigenvalue weighted by molar-refractivity contribution is 7.10. The highest BCUT2D eigenvalue weighted by atomic mass is 32.1. The fourth-order valence-corrected chi connectivity index (χ4v) is 4.22. The number of methoxy groups -OCH3 is 1. The van der Waals surface area contributed by atoms with E-state index in [2.05, 4.69) is 0 Å². The Morgan fingerprint density at radius 3 is 2.60 bits per heavy atom. The van der Waals surface area contributed by atoms with Crippen molar-refractivity contribution in [2.75, 3.05) is 12.0 Å². The largest absolute Gasteiger partial charge is 0.507 e. The van der Waals surface area contributed by atoms with Gasteiger partial charge in [-0.25, -0.2) is 8.78 Å². The van der Waals surface area contributed by atoms with E-state index >= 15 is 0 Å². The summed E-state index contributed by atoms with van der Waals surface area (Å²) < 4.78 is 33.5. The van der Waals surface area contributed by atoms with E-state index < -0.39 is 35.1 Å². The Kier molecular flexibility index (Phi) is 5.09. The maximum atomic E-state index is 14.5. The molecule has 0 radical (unpaired) electrons. The van der Waals surface area contributed by atoms with Gasteiger partial charge in [-0.3, -0.25) is 14.5 Å². The molecule has 2 heterocycles. The van der Waals surface area contributed by atoms with E-state index in [9.17, 15) is 23.5 Å². The predicted molar refractivity (Wildman–Crippen MR) is 108 cm³/mol. The summed E-state index contributed by atoms with van der Waals surface area (Å²) in [6, 6.07) is 11.3. The van der Waals surface area contributed by atoms with Crippen molar-refractivity contribution >= 4 is 34.5 Å². The molecule has 2 aromatic carbocycles. The molecule has 4 rings (SSSR count). The number of ether oxygens (including phenoxy) is 1. The minimum Gasteiger partial charge on any atom is -0.507 e. The second-order valence-corrected chi connectivity index (χ2v) is 7.49. The van der Waals surface area contributed by atoms with Gasteiger partial charge in [0.25, 0.3) is 11.7 Å². The lowest BCUT2D eigenvalue weighted by atomic mass is 9.99. The van der Waals surface area contributed by atoms with E-state index in [0.717, 1.165) is 23.1 Å². The van der Waals surface area contributed by atoms with Gasteiger partial charge in [0.2, 0.25) is 0 Å². The van der Waals surface area contributed by atoms with Crippen LogP contribution in [-0.2, 0) is 9.59 Å². The Bertz CT molecular complexity index is 1170. The number of ketones is 1. The smallest absolute Gasteiger partial charge is 0.300 e. The Balaban J connectivity index is 1.95. The second-order valence-electron chi connectivity index (χ2n) is 6.51. The summed E-state index contributed by atoms with van der Waals surface area (Å²) in [5.41, 5.74) is -0.326. The summed E-state index contributed by atoms with van der Waals surface area (Å²) in [5, 5.41) is 12.7. The number of rotatable bonds is 4. The molecule has 8 heteroatoms. The Hall–Kier alpha value is -3.52. The highest BCUT2D eigenvalue weighted by Gasteiger charge is 2.48. The van der Waals surface area contributed by atoms with E-state index in [-0.39, 0.29) is 16.8 Å². The molecule has 0 saturated carbocycles. The number of hydrogen-bond acceptors (Lipinski definition) is 5. The van der Waals surface area contributed by atoms with Crippen LogP contribution >= 0.6 is 11.3 Å². The van der Waals surface area contributed by atoms with Gasteiger partial charge in [0.15, 0.2) is 0 Å². The molecule has 1 amide bonds. The molecule has 1 fully saturated rings. The molecule has 1 aliphatic heterocycles. The number of Topliss-reactive ketones (excluding diaryl/α,β-unsaturated/α-hetero) is 1. The highest BCUT2D eigenvalue weighted by Crippen LogP contribution is 2.44. The number of halogens is 2. The summed E-state index contributed by atoms with van der Waals surface area (Å²) in [4.78, 5) is 27.2. The summed E-state index contributed by atoms with van der Waals surface area (Å²) in [7, 11) is 1.45. The second kappa shape index (κ2) is 7.72. The molecule has 0 aliphatic carbocycles. The molecular formula is C22H15F2NO4S. The molecule has 1 aromatic heterocycles. The number of carbonyl (C=O) groups is 2. The van der Waals surface area contributed by atoms with Crippen molar-refractivity contribution in [1.29, 1.82) is 0 Å². The van der Waals surface area contributed by atoms with Crippen LogP contribution in [0.5, 0.6) is 5.75 Å². The Morgan fingerprint density at radius 1 is 1.10 bits per heavy atom. The van der Waals surface area contributed by atoms with Crippen molar-refractivity contribution in [3.8, 4) is 5.75 Å². The van der Waals surface area contributed by atoms with Crippen LogP contribution in [0.4, 0.5) is 14.5 Å². The predicted octanol–water partition coefficient (Wildman–Crippen LogP) is 4.66. The van der Waals surface area contributed by atoms with Crippen molar-refractivity contribution < 1.29 is 28.2 Å². The van der Waals surface area contributed by atoms with Gasteiger partial charge < -0.3 is 9.84 Å². The molecule has 1 saturated heterocycles. The summed E-state index contributed by atoms with van der Waals surface area (Å²) >= 11 is 1.22. The fourth-order valence-electron chi connectivity index (χ4n) is 3.39. The van der Waals surface area contributed by atoms with Gasteiger partial charge in [-0.15, -0.1) is 11.3 Å². The molecule has 0 bridgehead atoms. The molecule has 1 unspecified atom stereocenters. The molecular weight excluding hydrogens is 412 g/mol. The summed E-state index contributed by atoms with van der Waals surface area (Å²) in [5.74, 6) is -3.64. The minimum absolute atomic E-state index is 0.209. The number of nitrogens with zero attached hydrogens (tertiary/aromatic N) is 1. The zero-order valence-corrected chi connectivity index (χ0v) is 16.5. The average molecular weight is 427 g/mol. The molecule has 3 aromatic rings. The lowest BCUT2D eigenvalue weighted by Crippen LogP contribution is -2.30. The Morgan fingerprint density at radius 2 is 1.90 bits per heavy atom. The normalized spacial score (nSPS) is 18.1. The van der Waals surface area contributed by atoms with Crippen LogP contribution in [0.25, 0.3) is 5.76 Å². The fraction of sp³-hybridized carbons (Fsp3) is 0.0909. The third-order valence-corrected chi connectivity index (χ3v) is 5.69. The van der Waals surface area contributed by atoms with E-state index in [0.29, 0.717) is 10.6 Å². The summed E-state index contributed by atoms with van der Waals surface area (Å²) in [6.45, 7) is 0. The quantitative estimate of drug-likeness (QED) is 0.374. The average Bonchev–Trinajstić information content (AvgIpc) is 3.37. The van der Waals surface area contributed by atoms with Crippen LogP contribution in [0, 0.1) is 11.6 Å². The van der Waals surface area contributed by atoms with Crippen molar-refractivity contribution in [1.82, 2.24) is 0 Å². The van der Waals surface area contributed by atoms with Crippen molar-refractivity contribution in [2.45, 2.75) is 6.04 Å². The molecule has 30 heavy (non-hydrogen) atoms. The van der Waals surface area contributed by atoms with Crippen LogP contribution in [0.1, 0.15) is 16.5 Å². The molecule has 1 N–H and O–H groups in total. The number of aliphatic hydroxyl groups excluding tert-OH is 1. The number of carbonyl (C=O) groups excluding carboxylic acids is 2. The number of hydrogen-bond donors (Lipinski definition) is 1. The third kappa shape index (κ3) is 3.25. The zero-order chi connectivity index (χ0) is 21.4. The molecule has 0 spiro atoms. The van der Waals surface area contributed by atoms with Crippen LogP contribution in [0.2, 0.25) is 0 Å². The number of anilines is 1. The van der Waals surface area contributed by atoms with Crippen molar-refractivity contribution in [3.05, 3.63) is 87.6 Å². The van der Waals surface area contributed by atoms with Crippen molar-refractivity contribution in [3.63, 3.8) is 0 Å².